The van der Waals surface area contributed by atoms with Crippen LogP contribution in [0.2, 0.25) is 18.6 Å². The van der Waals surface area contributed by atoms with Gasteiger partial charge in [0, 0.05) is 46.4 Å². The van der Waals surface area contributed by atoms with Crippen LogP contribution in [-0.4, -0.2) is 71.1 Å². The fourth-order valence-electron chi connectivity index (χ4n) is 8.58. The Balaban J connectivity index is 1.24. The molecule has 0 unspecified atom stereocenters. The lowest BCUT2D eigenvalue weighted by Gasteiger charge is -2.33. The van der Waals surface area contributed by atoms with E-state index in [1.807, 2.05) is 99.0 Å². The molecule has 49 heavy (non-hydrogen) atoms. The van der Waals surface area contributed by atoms with Crippen LogP contribution in [0.4, 0.5) is 11.4 Å². The third-order valence-electron chi connectivity index (χ3n) is 10.8. The molecule has 0 radical (unpaired) electrons. The Morgan fingerprint density at radius 1 is 1.08 bits per heavy atom. The maximum absolute atomic E-state index is 14.8. The zero-order valence-corrected chi connectivity index (χ0v) is 29.2. The highest BCUT2D eigenvalue weighted by Crippen LogP contribution is 2.60. The molecule has 2 saturated heterocycles. The lowest BCUT2D eigenvalue weighted by molar-refractivity contribution is -0.150. The number of hydrogen-bond acceptors (Lipinski definition) is 6. The lowest BCUT2D eigenvalue weighted by atomic mass is 9.82. The molecule has 2 fully saturated rings. The number of carbonyl (C=O) groups excluding carboxylic acids is 3. The van der Waals surface area contributed by atoms with Crippen LogP contribution < -0.4 is 10.2 Å². The number of aliphatic hydroxyl groups excluding tert-OH is 1. The van der Waals surface area contributed by atoms with Crippen molar-refractivity contribution in [3.63, 3.8) is 0 Å². The Morgan fingerprint density at radius 2 is 1.84 bits per heavy atom. The van der Waals surface area contributed by atoms with E-state index in [1.54, 1.807) is 9.80 Å². The summed E-state index contributed by atoms with van der Waals surface area (Å²) in [6.07, 6.45) is 2.88. The Hall–Kier alpha value is -4.29. The number of likely N-dealkylation sites (tertiary alicyclic amines) is 1. The van der Waals surface area contributed by atoms with Gasteiger partial charge in [-0.15, -0.1) is 0 Å². The van der Waals surface area contributed by atoms with Crippen LogP contribution in [-0.2, 0) is 37.7 Å². The predicted octanol–water partition coefficient (Wildman–Crippen LogP) is 5.07. The van der Waals surface area contributed by atoms with Crippen LogP contribution in [0.1, 0.15) is 42.9 Å². The summed E-state index contributed by atoms with van der Waals surface area (Å²) in [4.78, 5) is 60.3. The summed E-state index contributed by atoms with van der Waals surface area (Å²) in [6.45, 7) is 6.40. The number of anilines is 2. The van der Waals surface area contributed by atoms with Crippen molar-refractivity contribution < 1.29 is 29.0 Å². The molecule has 10 nitrogen and oxygen atoms in total. The maximum Gasteiger partial charge on any atom is 0.264 e. The summed E-state index contributed by atoms with van der Waals surface area (Å²) >= 11 is 0. The second-order valence-corrected chi connectivity index (χ2v) is 18.3. The number of fused-ring (bicyclic) bond motifs is 3. The van der Waals surface area contributed by atoms with Gasteiger partial charge >= 0.3 is 0 Å². The van der Waals surface area contributed by atoms with Crippen molar-refractivity contribution >= 4 is 48.3 Å². The number of hydrogen-bond donors (Lipinski definition) is 4. The third-order valence-corrected chi connectivity index (χ3v) is 13.3. The van der Waals surface area contributed by atoms with Gasteiger partial charge in [-0.2, -0.15) is 0 Å². The highest BCUT2D eigenvalue weighted by atomic mass is 28.4. The van der Waals surface area contributed by atoms with Crippen LogP contribution in [0.3, 0.4) is 0 Å². The Bertz CT molecular complexity index is 1890. The molecule has 1 aromatic heterocycles. The van der Waals surface area contributed by atoms with Gasteiger partial charge in [0.05, 0.1) is 43.8 Å². The molecular formula is C38H44N4O6Si. The summed E-state index contributed by atoms with van der Waals surface area (Å²) in [5.41, 5.74) is 2.74. The number of carbonyl (C=O) groups is 3. The second kappa shape index (κ2) is 12.9. The maximum atomic E-state index is 14.8. The van der Waals surface area contributed by atoms with E-state index < -0.39 is 31.5 Å². The molecule has 11 heteroatoms. The van der Waals surface area contributed by atoms with Gasteiger partial charge in [-0.3, -0.25) is 14.4 Å². The molecule has 5 atom stereocenters. The summed E-state index contributed by atoms with van der Waals surface area (Å²) < 4.78 is 6.92. The summed E-state index contributed by atoms with van der Waals surface area (Å²) in [5.74, 6) is -1.04. The first-order valence-corrected chi connectivity index (χ1v) is 20.2. The van der Waals surface area contributed by atoms with Gasteiger partial charge in [0.2, 0.25) is 11.8 Å². The number of benzene rings is 3. The van der Waals surface area contributed by atoms with Crippen molar-refractivity contribution in [1.82, 2.24) is 9.88 Å². The van der Waals surface area contributed by atoms with Gasteiger partial charge in [0.15, 0.2) is 13.9 Å². The monoisotopic (exact) mass is 680 g/mol. The van der Waals surface area contributed by atoms with Crippen molar-refractivity contribution in [2.24, 2.45) is 5.92 Å². The summed E-state index contributed by atoms with van der Waals surface area (Å²) in [7, 11) is -3.01. The first-order valence-electron chi connectivity index (χ1n) is 17.2. The van der Waals surface area contributed by atoms with Crippen LogP contribution >= 0.6 is 0 Å². The highest BCUT2D eigenvalue weighted by molar-refractivity contribution is 6.71. The fraction of sp³-hybridized carbons (Fsp3) is 0.395. The Kier molecular flexibility index (Phi) is 8.72. The summed E-state index contributed by atoms with van der Waals surface area (Å²) in [6, 6.07) is 22.8. The molecule has 256 valence electrons. The SMILES string of the molecule is C[C@H]1[C@H]([Si](C)(C)O)[C@@H](CC(=O)N2CCC[C@H]2CO)O[C@]12C(=O)N(Cc1ccccc1)c1ccc(NC(=O)Cc3c[nH]c4ccccc34)cc12. The molecule has 0 aliphatic carbocycles. The number of rotatable bonds is 9. The molecule has 1 spiro atoms. The highest BCUT2D eigenvalue weighted by Gasteiger charge is 2.66. The summed E-state index contributed by atoms with van der Waals surface area (Å²) in [5, 5.41) is 13.9. The second-order valence-electron chi connectivity index (χ2n) is 14.3. The number of aromatic nitrogens is 1. The number of ether oxygens (including phenoxy) is 1. The number of aromatic amines is 1. The largest absolute Gasteiger partial charge is 0.432 e. The first kappa shape index (κ1) is 33.2. The first-order chi connectivity index (χ1) is 23.5. The van der Waals surface area contributed by atoms with E-state index in [9.17, 15) is 24.3 Å². The van der Waals surface area contributed by atoms with Crippen LogP contribution in [0, 0.1) is 5.92 Å². The number of aliphatic hydroxyl groups is 1. The van der Waals surface area contributed by atoms with E-state index >= 15 is 0 Å². The zero-order valence-electron chi connectivity index (χ0n) is 28.2. The lowest BCUT2D eigenvalue weighted by Crippen LogP contribution is -2.46. The molecule has 7 rings (SSSR count). The normalized spacial score (nSPS) is 25.0. The van der Waals surface area contributed by atoms with E-state index in [0.29, 0.717) is 30.0 Å². The Labute approximate surface area is 287 Å². The number of nitrogens with zero attached hydrogens (tertiary/aromatic N) is 2. The van der Waals surface area contributed by atoms with E-state index in [2.05, 4.69) is 10.3 Å². The molecule has 4 N–H and O–H groups in total. The minimum absolute atomic E-state index is 0.00654. The zero-order chi connectivity index (χ0) is 34.5. The average molecular weight is 681 g/mol. The van der Waals surface area contributed by atoms with E-state index in [-0.39, 0.29) is 43.2 Å². The van der Waals surface area contributed by atoms with Crippen molar-refractivity contribution in [2.45, 2.75) is 75.5 Å². The molecule has 3 aliphatic rings. The molecular weight excluding hydrogens is 637 g/mol. The quantitative estimate of drug-likeness (QED) is 0.183. The van der Waals surface area contributed by atoms with Gasteiger partial charge in [-0.25, -0.2) is 0 Å². The minimum Gasteiger partial charge on any atom is -0.432 e. The molecule has 3 amide bonds. The Morgan fingerprint density at radius 3 is 2.59 bits per heavy atom. The van der Waals surface area contributed by atoms with Crippen molar-refractivity contribution in [2.75, 3.05) is 23.4 Å². The van der Waals surface area contributed by atoms with Gasteiger partial charge in [0.25, 0.3) is 5.91 Å². The van der Waals surface area contributed by atoms with E-state index in [4.69, 9.17) is 4.74 Å². The van der Waals surface area contributed by atoms with Gasteiger partial charge in [0.1, 0.15) is 0 Å². The molecule has 4 aromatic rings. The van der Waals surface area contributed by atoms with Crippen molar-refractivity contribution in [3.8, 4) is 0 Å². The molecule has 0 saturated carbocycles. The van der Waals surface area contributed by atoms with Gasteiger partial charge in [-0.05, 0) is 61.3 Å². The third kappa shape index (κ3) is 5.88. The van der Waals surface area contributed by atoms with Gasteiger partial charge in [-0.1, -0.05) is 55.5 Å². The molecule has 3 aliphatic heterocycles. The molecule has 4 heterocycles. The number of nitrogens with one attached hydrogen (secondary N) is 2. The van der Waals surface area contributed by atoms with Crippen LogP contribution in [0.15, 0.2) is 79.0 Å². The topological polar surface area (TPSA) is 135 Å². The molecule has 0 bridgehead atoms. The standard InChI is InChI=1S/C38H44N4O6Si/c1-24-36(49(2,3)47)33(20-35(45)41-17-9-12-28(41)23-43)48-38(24)30-19-27(40-34(44)18-26-21-39-31-14-8-7-13-29(26)31)15-16-32(30)42(37(38)46)22-25-10-5-4-6-11-25/h4-8,10-11,13-16,19,21,24,28,33,36,39,43,47H,9,12,17-18,20,22-23H2,1-3H3,(H,40,44)/t24-,28-,33+,36-,38+/m0/s1. The predicted molar refractivity (Wildman–Crippen MR) is 190 cm³/mol. The number of para-hydroxylation sites is 1. The van der Waals surface area contributed by atoms with Crippen molar-refractivity contribution in [1.29, 1.82) is 0 Å². The van der Waals surface area contributed by atoms with Crippen LogP contribution in [0.5, 0.6) is 0 Å². The fourth-order valence-corrected chi connectivity index (χ4v) is 11.1. The van der Waals surface area contributed by atoms with Gasteiger partial charge < -0.3 is 34.7 Å². The number of amides is 3. The van der Waals surface area contributed by atoms with Crippen molar-refractivity contribution in [3.05, 3.63) is 95.7 Å². The smallest absolute Gasteiger partial charge is 0.264 e. The average Bonchev–Trinajstić information content (AvgIpc) is 3.83. The molecule has 3 aromatic carbocycles. The minimum atomic E-state index is -3.01. The van der Waals surface area contributed by atoms with Crippen LogP contribution in [0.25, 0.3) is 10.9 Å². The van der Waals surface area contributed by atoms with E-state index in [0.717, 1.165) is 34.9 Å². The van der Waals surface area contributed by atoms with E-state index in [1.165, 1.54) is 0 Å². The number of H-pyrrole nitrogens is 1.